The van der Waals surface area contributed by atoms with E-state index in [4.69, 9.17) is 26.2 Å². The summed E-state index contributed by atoms with van der Waals surface area (Å²) in [5.74, 6) is -0.845. The third kappa shape index (κ3) is 5.74. The molecule has 3 rings (SSSR count). The van der Waals surface area contributed by atoms with E-state index < -0.39 is 17.7 Å². The lowest BCUT2D eigenvalue weighted by atomic mass is 10.1. The summed E-state index contributed by atoms with van der Waals surface area (Å²) >= 11 is 6.03. The van der Waals surface area contributed by atoms with Crippen molar-refractivity contribution < 1.29 is 32.5 Å². The third-order valence-corrected chi connectivity index (χ3v) is 4.69. The number of carboxylic acid groups (broad SMARTS) is 1. The van der Waals surface area contributed by atoms with Crippen molar-refractivity contribution in [1.82, 2.24) is 9.78 Å². The lowest BCUT2D eigenvalue weighted by molar-refractivity contribution is -0.137. The van der Waals surface area contributed by atoms with Crippen LogP contribution in [0.3, 0.4) is 0 Å². The lowest BCUT2D eigenvalue weighted by Crippen LogP contribution is -2.26. The first-order valence-electron chi connectivity index (χ1n) is 8.81. The van der Waals surface area contributed by atoms with Crippen molar-refractivity contribution in [3.8, 4) is 5.88 Å². The molecule has 0 radical (unpaired) electrons. The number of carbonyl (C=O) groups is 1. The Morgan fingerprint density at radius 1 is 1.34 bits per heavy atom. The van der Waals surface area contributed by atoms with Gasteiger partial charge in [-0.25, -0.2) is 4.79 Å². The maximum atomic E-state index is 12.8. The van der Waals surface area contributed by atoms with Gasteiger partial charge in [-0.1, -0.05) is 17.7 Å². The van der Waals surface area contributed by atoms with Crippen molar-refractivity contribution in [2.75, 3.05) is 13.2 Å². The molecule has 0 bridgehead atoms. The number of hydrogen-bond donors (Lipinski definition) is 1. The van der Waals surface area contributed by atoms with Gasteiger partial charge in [0.15, 0.2) is 0 Å². The Balaban J connectivity index is 1.85. The van der Waals surface area contributed by atoms with Gasteiger partial charge < -0.3 is 14.6 Å². The van der Waals surface area contributed by atoms with E-state index in [1.54, 1.807) is 6.07 Å². The molecule has 6 nitrogen and oxygen atoms in total. The first-order chi connectivity index (χ1) is 13.7. The van der Waals surface area contributed by atoms with Gasteiger partial charge in [0.1, 0.15) is 6.10 Å². The summed E-state index contributed by atoms with van der Waals surface area (Å²) in [4.78, 5) is 10.9. The summed E-state index contributed by atoms with van der Waals surface area (Å²) in [6.45, 7) is 1.21. The minimum atomic E-state index is -4.49. The first kappa shape index (κ1) is 21.2. The predicted molar refractivity (Wildman–Crippen MR) is 98.9 cm³/mol. The number of alkyl halides is 3. The van der Waals surface area contributed by atoms with Gasteiger partial charge >= 0.3 is 12.1 Å². The molecule has 156 valence electrons. The maximum Gasteiger partial charge on any atom is 0.416 e. The average molecular weight is 431 g/mol. The molecule has 29 heavy (non-hydrogen) atoms. The normalized spacial score (nSPS) is 15.7. The molecule has 1 aromatic carbocycles. The van der Waals surface area contributed by atoms with Crippen LogP contribution in [0.2, 0.25) is 5.02 Å². The second-order valence-corrected chi connectivity index (χ2v) is 6.88. The molecule has 2 heterocycles. The van der Waals surface area contributed by atoms with Crippen molar-refractivity contribution in [2.24, 2.45) is 0 Å². The van der Waals surface area contributed by atoms with Crippen LogP contribution in [0, 0.1) is 0 Å². The standard InChI is InChI=1S/C19H18ClF3N2O4/c20-16-9-13(19(21,22)23)2-1-12(16)11-25-14(3-4-18(26)27)10-17(24-25)29-15-5-7-28-8-6-15/h1-4,9-10,15H,5-8,11H2,(H,26,27)/b4-3+. The fraction of sp³-hybridized carbons (Fsp3) is 0.368. The van der Waals surface area contributed by atoms with Crippen LogP contribution in [0.4, 0.5) is 13.2 Å². The maximum absolute atomic E-state index is 12.8. The summed E-state index contributed by atoms with van der Waals surface area (Å²) in [6, 6.07) is 4.65. The number of aromatic nitrogens is 2. The van der Waals surface area contributed by atoms with E-state index in [1.807, 2.05) is 0 Å². The molecule has 0 spiro atoms. The Labute approximate surface area is 169 Å². The van der Waals surface area contributed by atoms with E-state index in [-0.39, 0.29) is 17.7 Å². The second-order valence-electron chi connectivity index (χ2n) is 6.47. The Morgan fingerprint density at radius 3 is 2.69 bits per heavy atom. The average Bonchev–Trinajstić information content (AvgIpc) is 3.03. The van der Waals surface area contributed by atoms with Crippen LogP contribution < -0.4 is 4.74 Å². The van der Waals surface area contributed by atoms with E-state index in [2.05, 4.69) is 5.10 Å². The monoisotopic (exact) mass is 430 g/mol. The molecule has 0 aliphatic carbocycles. The van der Waals surface area contributed by atoms with E-state index in [9.17, 15) is 18.0 Å². The van der Waals surface area contributed by atoms with Gasteiger partial charge in [0, 0.05) is 30.0 Å². The summed E-state index contributed by atoms with van der Waals surface area (Å²) in [5.41, 5.74) is -0.0166. The quantitative estimate of drug-likeness (QED) is 0.693. The van der Waals surface area contributed by atoms with Crippen LogP contribution in [0.25, 0.3) is 6.08 Å². The molecule has 1 aromatic heterocycles. The Morgan fingerprint density at radius 2 is 2.07 bits per heavy atom. The largest absolute Gasteiger partial charge is 0.478 e. The number of nitrogens with zero attached hydrogens (tertiary/aromatic N) is 2. The molecule has 0 saturated carbocycles. The van der Waals surface area contributed by atoms with E-state index in [0.29, 0.717) is 43.2 Å². The van der Waals surface area contributed by atoms with Gasteiger partial charge in [-0.05, 0) is 23.8 Å². The van der Waals surface area contributed by atoms with E-state index in [1.165, 1.54) is 16.8 Å². The first-order valence-corrected chi connectivity index (χ1v) is 9.19. The van der Waals surface area contributed by atoms with Crippen molar-refractivity contribution >= 4 is 23.6 Å². The van der Waals surface area contributed by atoms with Crippen LogP contribution in [-0.2, 0) is 22.3 Å². The van der Waals surface area contributed by atoms with Gasteiger partial charge in [0.25, 0.3) is 0 Å². The summed E-state index contributed by atoms with van der Waals surface area (Å²) in [5, 5.41) is 13.1. The Bertz CT molecular complexity index is 905. The fourth-order valence-electron chi connectivity index (χ4n) is 2.86. The number of aliphatic carboxylic acids is 1. The van der Waals surface area contributed by atoms with E-state index in [0.717, 1.165) is 18.2 Å². The molecule has 1 saturated heterocycles. The van der Waals surface area contributed by atoms with Crippen molar-refractivity contribution in [2.45, 2.75) is 31.7 Å². The molecule has 1 aliphatic heterocycles. The number of rotatable bonds is 6. The molecule has 10 heteroatoms. The molecule has 0 unspecified atom stereocenters. The predicted octanol–water partition coefficient (Wildman–Crippen LogP) is 4.26. The smallest absolute Gasteiger partial charge is 0.416 e. The van der Waals surface area contributed by atoms with Crippen LogP contribution in [0.1, 0.15) is 29.7 Å². The number of ether oxygens (including phenoxy) is 2. The topological polar surface area (TPSA) is 73.6 Å². The molecule has 0 amide bonds. The highest BCUT2D eigenvalue weighted by molar-refractivity contribution is 6.31. The van der Waals surface area contributed by atoms with Gasteiger partial charge in [-0.3, -0.25) is 4.68 Å². The zero-order valence-corrected chi connectivity index (χ0v) is 15.9. The number of halogens is 4. The zero-order valence-electron chi connectivity index (χ0n) is 15.2. The van der Waals surface area contributed by atoms with Crippen molar-refractivity contribution in [3.05, 3.63) is 52.2 Å². The number of benzene rings is 1. The molecule has 1 N–H and O–H groups in total. The molecule has 2 aromatic rings. The third-order valence-electron chi connectivity index (χ3n) is 4.34. The zero-order chi connectivity index (χ0) is 21.0. The minimum Gasteiger partial charge on any atom is -0.478 e. The lowest BCUT2D eigenvalue weighted by Gasteiger charge is -2.21. The molecular weight excluding hydrogens is 413 g/mol. The highest BCUT2D eigenvalue weighted by atomic mass is 35.5. The number of carboxylic acids is 1. The Kier molecular flexibility index (Phi) is 6.49. The van der Waals surface area contributed by atoms with Crippen molar-refractivity contribution in [1.29, 1.82) is 0 Å². The summed E-state index contributed by atoms with van der Waals surface area (Å²) < 4.78 is 51.0. The highest BCUT2D eigenvalue weighted by Crippen LogP contribution is 2.32. The van der Waals surface area contributed by atoms with Gasteiger partial charge in [0.05, 0.1) is 31.0 Å². The Hall–Kier alpha value is -2.52. The highest BCUT2D eigenvalue weighted by Gasteiger charge is 2.31. The molecular formula is C19H18ClF3N2O4. The van der Waals surface area contributed by atoms with E-state index >= 15 is 0 Å². The van der Waals surface area contributed by atoms with Gasteiger partial charge in [0.2, 0.25) is 5.88 Å². The molecule has 0 atom stereocenters. The molecule has 1 fully saturated rings. The van der Waals surface area contributed by atoms with Gasteiger partial charge in [-0.2, -0.15) is 13.2 Å². The summed E-state index contributed by atoms with van der Waals surface area (Å²) in [6.07, 6.45) is -0.869. The molecule has 1 aliphatic rings. The minimum absolute atomic E-state index is 0.0490. The second kappa shape index (κ2) is 8.87. The van der Waals surface area contributed by atoms with Crippen LogP contribution in [0.5, 0.6) is 5.88 Å². The fourth-order valence-corrected chi connectivity index (χ4v) is 3.10. The number of hydrogen-bond acceptors (Lipinski definition) is 4. The summed E-state index contributed by atoms with van der Waals surface area (Å²) in [7, 11) is 0. The van der Waals surface area contributed by atoms with Gasteiger partial charge in [-0.15, -0.1) is 5.10 Å². The van der Waals surface area contributed by atoms with Crippen LogP contribution in [-0.4, -0.2) is 40.2 Å². The van der Waals surface area contributed by atoms with Crippen molar-refractivity contribution in [3.63, 3.8) is 0 Å². The van der Waals surface area contributed by atoms with Crippen LogP contribution >= 0.6 is 11.6 Å². The SMILES string of the molecule is O=C(O)/C=C/c1cc(OC2CCOCC2)nn1Cc1ccc(C(F)(F)F)cc1Cl. The van der Waals surface area contributed by atoms with Crippen LogP contribution in [0.15, 0.2) is 30.3 Å².